The van der Waals surface area contributed by atoms with Gasteiger partial charge < -0.3 is 9.64 Å². The van der Waals surface area contributed by atoms with Gasteiger partial charge in [-0.25, -0.2) is 0 Å². The summed E-state index contributed by atoms with van der Waals surface area (Å²) in [6.45, 7) is 6.71. The third-order valence-electron chi connectivity index (χ3n) is 1.96. The lowest BCUT2D eigenvalue weighted by Crippen LogP contribution is -2.53. The Morgan fingerprint density at radius 1 is 1.57 bits per heavy atom. The first kappa shape index (κ1) is 13.7. The number of likely N-dealkylation sites (tertiary alicyclic amines) is 1. The molecule has 5 heteroatoms. The zero-order valence-corrected chi connectivity index (χ0v) is 10.0. The Hall–Kier alpha value is -0.260. The molecule has 1 rings (SSSR count). The van der Waals surface area contributed by atoms with Crippen LogP contribution in [0.4, 0.5) is 0 Å². The Morgan fingerprint density at radius 2 is 2.14 bits per heavy atom. The number of nitrogens with zero attached hydrogens (tertiary/aromatic N) is 1. The van der Waals surface area contributed by atoms with Gasteiger partial charge >= 0.3 is 0 Å². The highest BCUT2D eigenvalue weighted by atomic mass is 32.1. The molecule has 84 valence electrons. The van der Waals surface area contributed by atoms with Gasteiger partial charge in [-0.2, -0.15) is 0 Å². The third-order valence-corrected chi connectivity index (χ3v) is 2.14. The van der Waals surface area contributed by atoms with Crippen molar-refractivity contribution in [2.75, 3.05) is 33.4 Å². The maximum Gasteiger partial charge on any atom is 0.248 e. The highest BCUT2D eigenvalue weighted by Crippen LogP contribution is 2.14. The van der Waals surface area contributed by atoms with Crippen LogP contribution in [0.1, 0.15) is 13.8 Å². The molecule has 0 bridgehead atoms. The fourth-order valence-corrected chi connectivity index (χ4v) is 1.50. The highest BCUT2D eigenvalue weighted by Gasteiger charge is 2.29. The smallest absolute Gasteiger partial charge is 0.248 e. The van der Waals surface area contributed by atoms with Gasteiger partial charge in [0.05, 0.1) is 0 Å². The van der Waals surface area contributed by atoms with Gasteiger partial charge in [0.2, 0.25) is 5.91 Å². The minimum Gasteiger partial charge on any atom is -0.375 e. The fourth-order valence-electron chi connectivity index (χ4n) is 1.25. The maximum absolute atomic E-state index is 11.1. The van der Waals surface area contributed by atoms with Gasteiger partial charge in [-0.3, -0.25) is 9.52 Å². The molecule has 0 aromatic carbocycles. The van der Waals surface area contributed by atoms with Crippen molar-refractivity contribution in [2.24, 2.45) is 5.92 Å². The monoisotopic (exact) mass is 220 g/mol. The third kappa shape index (κ3) is 4.30. The summed E-state index contributed by atoms with van der Waals surface area (Å²) in [5, 5.41) is 0. The summed E-state index contributed by atoms with van der Waals surface area (Å²) in [4.78, 5) is 12.9. The molecule has 0 aromatic heterocycles. The largest absolute Gasteiger partial charge is 0.375 e. The first-order chi connectivity index (χ1) is 6.77. The van der Waals surface area contributed by atoms with Crippen LogP contribution in [-0.4, -0.2) is 44.2 Å². The molecule has 0 aromatic rings. The van der Waals surface area contributed by atoms with E-state index in [2.05, 4.69) is 17.5 Å². The number of methoxy groups -OCH3 is 1. The second kappa shape index (κ2) is 8.08. The van der Waals surface area contributed by atoms with Crippen molar-refractivity contribution in [3.05, 3.63) is 0 Å². The van der Waals surface area contributed by atoms with Gasteiger partial charge in [0.15, 0.2) is 0 Å². The van der Waals surface area contributed by atoms with Crippen LogP contribution in [0.15, 0.2) is 0 Å². The minimum atomic E-state index is 0.0768. The molecule has 1 heterocycles. The number of hydrogen-bond acceptors (Lipinski definition) is 4. The highest BCUT2D eigenvalue weighted by molar-refractivity contribution is 7.78. The molecule has 1 N–H and O–H groups in total. The van der Waals surface area contributed by atoms with Gasteiger partial charge in [-0.1, -0.05) is 26.7 Å². The van der Waals surface area contributed by atoms with E-state index in [1.54, 1.807) is 4.90 Å². The van der Waals surface area contributed by atoms with Crippen LogP contribution in [0.25, 0.3) is 0 Å². The van der Waals surface area contributed by atoms with Crippen LogP contribution < -0.4 is 4.72 Å². The van der Waals surface area contributed by atoms with E-state index in [4.69, 9.17) is 4.74 Å². The van der Waals surface area contributed by atoms with E-state index < -0.39 is 0 Å². The van der Waals surface area contributed by atoms with Gasteiger partial charge in [0.25, 0.3) is 0 Å². The van der Waals surface area contributed by atoms with Crippen LogP contribution in [-0.2, 0) is 9.53 Å². The van der Waals surface area contributed by atoms with E-state index in [-0.39, 0.29) is 12.5 Å². The summed E-state index contributed by atoms with van der Waals surface area (Å²) in [7, 11) is 1.53. The van der Waals surface area contributed by atoms with E-state index in [0.717, 1.165) is 19.6 Å². The molecule has 0 spiro atoms. The number of carbonyl (C=O) groups excluding carboxylic acids is 1. The average Bonchev–Trinajstić information content (AvgIpc) is 2.14. The standard InChI is InChI=1S/C7H14N2O2S.C2H6/c1-11-5-7(10)9-3-6(4-9)2-8-12;1-2/h6,8,12H,2-5H2,1H3;1-2H3. The SMILES string of the molecule is CC.COCC(=O)N1CC(CNS)C1. The second-order valence-electron chi connectivity index (χ2n) is 2.96. The van der Waals surface area contributed by atoms with Crippen LogP contribution in [0.2, 0.25) is 0 Å². The molecular weight excluding hydrogens is 200 g/mol. The van der Waals surface area contributed by atoms with Gasteiger partial charge in [0.1, 0.15) is 6.61 Å². The van der Waals surface area contributed by atoms with Crippen molar-refractivity contribution in [3.63, 3.8) is 0 Å². The second-order valence-corrected chi connectivity index (χ2v) is 3.28. The first-order valence-electron chi connectivity index (χ1n) is 4.91. The summed E-state index contributed by atoms with van der Waals surface area (Å²) in [5.41, 5.74) is 0. The number of thiol groups is 1. The minimum absolute atomic E-state index is 0.0768. The number of amides is 1. The zero-order valence-electron chi connectivity index (χ0n) is 9.12. The van der Waals surface area contributed by atoms with Crippen molar-refractivity contribution in [3.8, 4) is 0 Å². The molecule has 0 unspecified atom stereocenters. The summed E-state index contributed by atoms with van der Waals surface area (Å²) in [6, 6.07) is 0. The summed E-state index contributed by atoms with van der Waals surface area (Å²) >= 11 is 3.89. The van der Waals surface area contributed by atoms with Crippen molar-refractivity contribution in [1.82, 2.24) is 9.62 Å². The number of rotatable bonds is 4. The topological polar surface area (TPSA) is 41.6 Å². The lowest BCUT2D eigenvalue weighted by Gasteiger charge is -2.38. The molecule has 14 heavy (non-hydrogen) atoms. The molecule has 1 amide bonds. The molecule has 1 aliphatic heterocycles. The maximum atomic E-state index is 11.1. The molecule has 0 aliphatic carbocycles. The predicted molar refractivity (Wildman–Crippen MR) is 60.3 cm³/mol. The molecule has 0 radical (unpaired) electrons. The van der Waals surface area contributed by atoms with Crippen LogP contribution in [0.5, 0.6) is 0 Å². The van der Waals surface area contributed by atoms with Crippen molar-refractivity contribution in [2.45, 2.75) is 13.8 Å². The molecule has 1 saturated heterocycles. The summed E-state index contributed by atoms with van der Waals surface area (Å²) in [5.74, 6) is 0.635. The lowest BCUT2D eigenvalue weighted by molar-refractivity contribution is -0.141. The predicted octanol–water partition coefficient (Wildman–Crippen LogP) is 0.552. The van der Waals surface area contributed by atoms with Gasteiger partial charge in [0, 0.05) is 32.7 Å². The molecule has 4 nitrogen and oxygen atoms in total. The molecule has 1 aliphatic rings. The Morgan fingerprint density at radius 3 is 2.57 bits per heavy atom. The fraction of sp³-hybridized carbons (Fsp3) is 0.889. The Labute approximate surface area is 91.5 Å². The van der Waals surface area contributed by atoms with Crippen molar-refractivity contribution in [1.29, 1.82) is 0 Å². The molecule has 1 fully saturated rings. The van der Waals surface area contributed by atoms with Crippen molar-refractivity contribution < 1.29 is 9.53 Å². The van der Waals surface area contributed by atoms with Crippen LogP contribution >= 0.6 is 12.8 Å². The quantitative estimate of drug-likeness (QED) is 0.680. The van der Waals surface area contributed by atoms with Crippen molar-refractivity contribution >= 4 is 18.7 Å². The Kier molecular flexibility index (Phi) is 7.93. The lowest BCUT2D eigenvalue weighted by atomic mass is 10.0. The van der Waals surface area contributed by atoms with E-state index in [9.17, 15) is 4.79 Å². The number of nitrogens with one attached hydrogen (secondary N) is 1. The van der Waals surface area contributed by atoms with E-state index in [0.29, 0.717) is 5.92 Å². The Bertz CT molecular complexity index is 161. The number of ether oxygens (including phenoxy) is 1. The molecule has 0 saturated carbocycles. The molecular formula is C9H20N2O2S. The average molecular weight is 220 g/mol. The zero-order chi connectivity index (χ0) is 11.0. The first-order valence-corrected chi connectivity index (χ1v) is 5.36. The number of hydrogen-bond donors (Lipinski definition) is 2. The van der Waals surface area contributed by atoms with E-state index in [1.165, 1.54) is 7.11 Å². The normalized spacial score (nSPS) is 15.6. The van der Waals surface area contributed by atoms with E-state index in [1.807, 2.05) is 13.8 Å². The Balaban J connectivity index is 0.000000791. The molecule has 0 atom stereocenters. The van der Waals surface area contributed by atoms with E-state index >= 15 is 0 Å². The number of carbonyl (C=O) groups is 1. The van der Waals surface area contributed by atoms with Gasteiger partial charge in [-0.05, 0) is 0 Å². The van der Waals surface area contributed by atoms with Crippen LogP contribution in [0.3, 0.4) is 0 Å². The summed E-state index contributed by atoms with van der Waals surface area (Å²) < 4.78 is 7.52. The summed E-state index contributed by atoms with van der Waals surface area (Å²) in [6.07, 6.45) is 0. The van der Waals surface area contributed by atoms with Gasteiger partial charge in [-0.15, -0.1) is 0 Å². The van der Waals surface area contributed by atoms with Crippen LogP contribution in [0, 0.1) is 5.92 Å².